The van der Waals surface area contributed by atoms with E-state index in [1.165, 1.54) is 10.8 Å². The Morgan fingerprint density at radius 1 is 1.38 bits per heavy atom. The van der Waals surface area contributed by atoms with E-state index in [2.05, 4.69) is 9.97 Å². The van der Waals surface area contributed by atoms with Crippen molar-refractivity contribution in [2.75, 3.05) is 5.73 Å². The number of rotatable bonds is 2. The molecule has 0 saturated carbocycles. The number of nitrogen functional groups attached to an aromatic ring is 1. The molecule has 0 bridgehead atoms. The van der Waals surface area contributed by atoms with Crippen LogP contribution in [0.2, 0.25) is 0 Å². The minimum absolute atomic E-state index is 0.00975. The number of anilines is 1. The van der Waals surface area contributed by atoms with Crippen molar-refractivity contribution < 1.29 is 0 Å². The van der Waals surface area contributed by atoms with E-state index in [4.69, 9.17) is 5.73 Å². The summed E-state index contributed by atoms with van der Waals surface area (Å²) >= 11 is 0. The molecule has 2 rings (SSSR count). The van der Waals surface area contributed by atoms with Gasteiger partial charge in [-0.1, -0.05) is 6.07 Å². The maximum Gasteiger partial charge on any atom is 0.328 e. The summed E-state index contributed by atoms with van der Waals surface area (Å²) in [5, 5.41) is 0. The van der Waals surface area contributed by atoms with E-state index in [0.29, 0.717) is 0 Å². The molecule has 6 heteroatoms. The Kier molecular flexibility index (Phi) is 2.55. The molecule has 0 amide bonds. The highest BCUT2D eigenvalue weighted by Crippen LogP contribution is 1.96. The molecule has 0 aliphatic rings. The van der Waals surface area contributed by atoms with Crippen molar-refractivity contribution >= 4 is 5.69 Å². The average Bonchev–Trinajstić information content (AvgIpc) is 2.27. The third kappa shape index (κ3) is 2.00. The van der Waals surface area contributed by atoms with Crippen LogP contribution in [0.4, 0.5) is 5.69 Å². The van der Waals surface area contributed by atoms with Crippen molar-refractivity contribution in [1.29, 1.82) is 0 Å². The first kappa shape index (κ1) is 10.2. The molecule has 2 heterocycles. The molecule has 2 aromatic heterocycles. The summed E-state index contributed by atoms with van der Waals surface area (Å²) in [7, 11) is 0. The first-order valence-electron chi connectivity index (χ1n) is 4.66. The average molecular weight is 218 g/mol. The van der Waals surface area contributed by atoms with Crippen molar-refractivity contribution in [2.45, 2.75) is 6.54 Å². The normalized spacial score (nSPS) is 10.2. The molecular weight excluding hydrogens is 208 g/mol. The second-order valence-electron chi connectivity index (χ2n) is 3.29. The number of nitrogens with one attached hydrogen (secondary N) is 1. The summed E-state index contributed by atoms with van der Waals surface area (Å²) in [6.45, 7) is 0.278. The zero-order valence-electron chi connectivity index (χ0n) is 8.38. The summed E-state index contributed by atoms with van der Waals surface area (Å²) in [6, 6.07) is 5.39. The van der Waals surface area contributed by atoms with Crippen LogP contribution in [0.25, 0.3) is 0 Å². The predicted molar refractivity (Wildman–Crippen MR) is 59.1 cm³/mol. The highest BCUT2D eigenvalue weighted by atomic mass is 16.2. The van der Waals surface area contributed by atoms with Crippen molar-refractivity contribution in [3.63, 3.8) is 0 Å². The Bertz CT molecular complexity index is 600. The highest BCUT2D eigenvalue weighted by Gasteiger charge is 2.02. The summed E-state index contributed by atoms with van der Waals surface area (Å²) in [4.78, 5) is 28.7. The number of aromatic nitrogens is 3. The van der Waals surface area contributed by atoms with Gasteiger partial charge in [-0.3, -0.25) is 19.3 Å². The third-order valence-electron chi connectivity index (χ3n) is 2.10. The standard InChI is InChI=1S/C10H10N4O2/c11-8-6-14(10(16)13-9(8)15)5-7-3-1-2-4-12-7/h1-4,6H,5,11H2,(H,13,15,16). The number of nitrogens with zero attached hydrogens (tertiary/aromatic N) is 2. The van der Waals surface area contributed by atoms with E-state index >= 15 is 0 Å². The molecule has 16 heavy (non-hydrogen) atoms. The number of aromatic amines is 1. The SMILES string of the molecule is Nc1cn(Cc2ccccn2)c(=O)[nH]c1=O. The summed E-state index contributed by atoms with van der Waals surface area (Å²) in [5.74, 6) is 0. The topological polar surface area (TPSA) is 93.8 Å². The molecule has 0 unspecified atom stereocenters. The van der Waals surface area contributed by atoms with E-state index in [0.717, 1.165) is 5.69 Å². The Morgan fingerprint density at radius 2 is 2.19 bits per heavy atom. The predicted octanol–water partition coefficient (Wildman–Crippen LogP) is -0.438. The molecule has 82 valence electrons. The minimum Gasteiger partial charge on any atom is -0.393 e. The van der Waals surface area contributed by atoms with Crippen molar-refractivity contribution in [3.05, 3.63) is 57.1 Å². The van der Waals surface area contributed by atoms with Crippen LogP contribution in [-0.2, 0) is 6.54 Å². The molecule has 0 saturated heterocycles. The van der Waals surface area contributed by atoms with E-state index in [9.17, 15) is 9.59 Å². The molecule has 0 aromatic carbocycles. The highest BCUT2D eigenvalue weighted by molar-refractivity contribution is 5.30. The smallest absolute Gasteiger partial charge is 0.328 e. The Balaban J connectivity index is 2.40. The van der Waals surface area contributed by atoms with E-state index in [1.807, 2.05) is 6.07 Å². The molecule has 2 aromatic rings. The van der Waals surface area contributed by atoms with Gasteiger partial charge in [-0.2, -0.15) is 0 Å². The van der Waals surface area contributed by atoms with Crippen LogP contribution in [0, 0.1) is 0 Å². The lowest BCUT2D eigenvalue weighted by Gasteiger charge is -2.04. The minimum atomic E-state index is -0.567. The van der Waals surface area contributed by atoms with Crippen LogP contribution >= 0.6 is 0 Å². The quantitative estimate of drug-likeness (QED) is 0.714. The van der Waals surface area contributed by atoms with Gasteiger partial charge in [0.2, 0.25) is 0 Å². The van der Waals surface area contributed by atoms with Gasteiger partial charge in [0.25, 0.3) is 5.56 Å². The van der Waals surface area contributed by atoms with Crippen molar-refractivity contribution in [2.24, 2.45) is 0 Å². The number of hydrogen-bond donors (Lipinski definition) is 2. The van der Waals surface area contributed by atoms with E-state index < -0.39 is 11.2 Å². The van der Waals surface area contributed by atoms with Crippen LogP contribution in [0.15, 0.2) is 40.2 Å². The third-order valence-corrected chi connectivity index (χ3v) is 2.10. The fourth-order valence-corrected chi connectivity index (χ4v) is 1.31. The number of hydrogen-bond acceptors (Lipinski definition) is 4. The van der Waals surface area contributed by atoms with E-state index in [-0.39, 0.29) is 12.2 Å². The van der Waals surface area contributed by atoms with Crippen LogP contribution in [0.1, 0.15) is 5.69 Å². The van der Waals surface area contributed by atoms with Gasteiger partial charge < -0.3 is 5.73 Å². The number of H-pyrrole nitrogens is 1. The first-order chi connectivity index (χ1) is 7.66. The van der Waals surface area contributed by atoms with Crippen molar-refractivity contribution in [3.8, 4) is 0 Å². The summed E-state index contributed by atoms with van der Waals surface area (Å²) < 4.78 is 1.30. The largest absolute Gasteiger partial charge is 0.393 e. The number of pyridine rings is 1. The molecule has 0 aliphatic carbocycles. The lowest BCUT2D eigenvalue weighted by atomic mass is 10.3. The van der Waals surface area contributed by atoms with Gasteiger partial charge in [-0.05, 0) is 12.1 Å². The summed E-state index contributed by atoms with van der Waals surface area (Å²) in [6.07, 6.45) is 2.95. The molecule has 3 N–H and O–H groups in total. The van der Waals surface area contributed by atoms with Crippen LogP contribution in [0.3, 0.4) is 0 Å². The van der Waals surface area contributed by atoms with Gasteiger partial charge in [-0.15, -0.1) is 0 Å². The van der Waals surface area contributed by atoms with Crippen LogP contribution < -0.4 is 17.0 Å². The Morgan fingerprint density at radius 3 is 2.88 bits per heavy atom. The maximum atomic E-state index is 11.4. The fourth-order valence-electron chi connectivity index (χ4n) is 1.31. The van der Waals surface area contributed by atoms with Crippen molar-refractivity contribution in [1.82, 2.24) is 14.5 Å². The molecule has 0 atom stereocenters. The van der Waals surface area contributed by atoms with Gasteiger partial charge in [0.15, 0.2) is 0 Å². The Hall–Kier alpha value is -2.37. The van der Waals surface area contributed by atoms with E-state index in [1.54, 1.807) is 18.3 Å². The second kappa shape index (κ2) is 4.01. The van der Waals surface area contributed by atoms with Gasteiger partial charge in [0.05, 0.1) is 12.2 Å². The van der Waals surface area contributed by atoms with Gasteiger partial charge in [0, 0.05) is 12.4 Å². The molecule has 0 aliphatic heterocycles. The van der Waals surface area contributed by atoms with Crippen LogP contribution in [-0.4, -0.2) is 14.5 Å². The molecule has 0 radical (unpaired) electrons. The van der Waals surface area contributed by atoms with Gasteiger partial charge >= 0.3 is 5.69 Å². The van der Waals surface area contributed by atoms with Gasteiger partial charge in [0.1, 0.15) is 5.69 Å². The lowest BCUT2D eigenvalue weighted by Crippen LogP contribution is -2.31. The molecule has 0 spiro atoms. The maximum absolute atomic E-state index is 11.4. The fraction of sp³-hybridized carbons (Fsp3) is 0.100. The lowest BCUT2D eigenvalue weighted by molar-refractivity contribution is 0.708. The second-order valence-corrected chi connectivity index (χ2v) is 3.29. The molecule has 0 fully saturated rings. The molecular formula is C10H10N4O2. The Labute approximate surface area is 90.4 Å². The van der Waals surface area contributed by atoms with Gasteiger partial charge in [-0.25, -0.2) is 4.79 Å². The molecule has 6 nitrogen and oxygen atoms in total. The zero-order chi connectivity index (χ0) is 11.5. The zero-order valence-corrected chi connectivity index (χ0v) is 8.38. The monoisotopic (exact) mass is 218 g/mol. The number of nitrogens with two attached hydrogens (primary N) is 1. The van der Waals surface area contributed by atoms with Crippen LogP contribution in [0.5, 0.6) is 0 Å². The summed E-state index contributed by atoms with van der Waals surface area (Å²) in [5.41, 5.74) is 5.08. The first-order valence-corrected chi connectivity index (χ1v) is 4.66.